The average Bonchev–Trinajstić information content (AvgIpc) is 2.18. The number of anilines is 1. The number of nitrogens with two attached hydrogens (primary N) is 1. The molecule has 5 nitrogen and oxygen atoms in total. The number of benzene rings is 1. The number of guanidine groups is 1. The van der Waals surface area contributed by atoms with E-state index in [-0.39, 0.29) is 11.5 Å². The van der Waals surface area contributed by atoms with Gasteiger partial charge in [0.1, 0.15) is 0 Å². The van der Waals surface area contributed by atoms with Crippen molar-refractivity contribution < 1.29 is 9.90 Å². The van der Waals surface area contributed by atoms with Crippen LogP contribution in [-0.2, 0) is 0 Å². The van der Waals surface area contributed by atoms with E-state index in [0.29, 0.717) is 5.69 Å². The summed E-state index contributed by atoms with van der Waals surface area (Å²) < 4.78 is 0. The molecule has 0 aliphatic rings. The second-order valence-electron chi connectivity index (χ2n) is 2.64. The van der Waals surface area contributed by atoms with Crippen LogP contribution in [0.5, 0.6) is 0 Å². The first kappa shape index (κ1) is 10.6. The van der Waals surface area contributed by atoms with Crippen molar-refractivity contribution >= 4 is 17.6 Å². The number of aliphatic imine (C=N–C) groups is 1. The highest BCUT2D eigenvalue weighted by molar-refractivity contribution is 5.95. The number of hydrogen-bond acceptors (Lipinski definition) is 2. The molecule has 1 aromatic rings. The van der Waals surface area contributed by atoms with Crippen LogP contribution < -0.4 is 11.1 Å². The molecule has 0 atom stereocenters. The van der Waals surface area contributed by atoms with E-state index < -0.39 is 5.97 Å². The zero-order valence-electron chi connectivity index (χ0n) is 7.77. The van der Waals surface area contributed by atoms with Crippen LogP contribution in [0.3, 0.4) is 0 Å². The van der Waals surface area contributed by atoms with Crippen LogP contribution in [0.2, 0.25) is 0 Å². The molecule has 0 aliphatic heterocycles. The fourth-order valence-corrected chi connectivity index (χ4v) is 0.975. The largest absolute Gasteiger partial charge is 0.478 e. The van der Waals surface area contributed by atoms with E-state index in [4.69, 9.17) is 17.3 Å². The summed E-state index contributed by atoms with van der Waals surface area (Å²) in [6, 6.07) is 8.17. The van der Waals surface area contributed by atoms with E-state index in [1.165, 1.54) is 12.1 Å². The highest BCUT2D eigenvalue weighted by Gasteiger charge is 2.03. The predicted octanol–water partition coefficient (Wildman–Crippen LogP) is 0.702. The lowest BCUT2D eigenvalue weighted by atomic mass is 10.2. The summed E-state index contributed by atoms with van der Waals surface area (Å²) in [5.41, 5.74) is 6.07. The highest BCUT2D eigenvalue weighted by Crippen LogP contribution is 2.09. The number of nitrogens with zero attached hydrogens (tertiary/aromatic N) is 1. The van der Waals surface area contributed by atoms with Crippen LogP contribution in [-0.4, -0.2) is 17.0 Å². The summed E-state index contributed by atoms with van der Waals surface area (Å²) in [6.07, 6.45) is 4.91. The van der Waals surface area contributed by atoms with Gasteiger partial charge in [-0.05, 0) is 18.2 Å². The van der Waals surface area contributed by atoms with Crippen molar-refractivity contribution in [3.05, 3.63) is 29.8 Å². The fourth-order valence-electron chi connectivity index (χ4n) is 0.975. The van der Waals surface area contributed by atoms with Crippen LogP contribution >= 0.6 is 0 Å². The van der Waals surface area contributed by atoms with Crippen LogP contribution in [0, 0.1) is 12.5 Å². The average molecular weight is 203 g/mol. The molecule has 76 valence electrons. The Morgan fingerprint density at radius 1 is 1.60 bits per heavy atom. The van der Waals surface area contributed by atoms with Gasteiger partial charge in [-0.25, -0.2) is 4.79 Å². The monoisotopic (exact) mass is 203 g/mol. The first-order valence-electron chi connectivity index (χ1n) is 4.02. The molecule has 0 unspecified atom stereocenters. The third-order valence-electron chi connectivity index (χ3n) is 1.57. The lowest BCUT2D eigenvalue weighted by Crippen LogP contribution is -2.22. The van der Waals surface area contributed by atoms with E-state index in [9.17, 15) is 4.79 Å². The number of rotatable bonds is 2. The summed E-state index contributed by atoms with van der Waals surface area (Å²) in [5, 5.41) is 11.4. The Labute approximate surface area is 86.6 Å². The number of terminal acetylenes is 1. The van der Waals surface area contributed by atoms with Crippen LogP contribution in [0.1, 0.15) is 10.4 Å². The molecule has 1 aromatic carbocycles. The topological polar surface area (TPSA) is 87.7 Å². The molecule has 0 saturated heterocycles. The quantitative estimate of drug-likeness (QED) is 0.375. The van der Waals surface area contributed by atoms with Gasteiger partial charge in [0.15, 0.2) is 0 Å². The number of nitrogens with one attached hydrogen (secondary N) is 1. The fraction of sp³-hybridized carbons (Fsp3) is 0. The number of carbonyl (C=O) groups is 1. The molecule has 0 fully saturated rings. The minimum atomic E-state index is -1.01. The van der Waals surface area contributed by atoms with E-state index in [0.717, 1.165) is 0 Å². The number of aromatic carboxylic acids is 1. The third kappa shape index (κ3) is 3.04. The van der Waals surface area contributed by atoms with Gasteiger partial charge in [-0.1, -0.05) is 12.5 Å². The summed E-state index contributed by atoms with van der Waals surface area (Å²) >= 11 is 0. The molecule has 5 heteroatoms. The highest BCUT2D eigenvalue weighted by atomic mass is 16.4. The smallest absolute Gasteiger partial charge is 0.335 e. The first-order valence-corrected chi connectivity index (χ1v) is 4.02. The minimum Gasteiger partial charge on any atom is -0.478 e. The molecule has 0 radical (unpaired) electrons. The Hall–Kier alpha value is -2.48. The Morgan fingerprint density at radius 2 is 2.33 bits per heavy atom. The van der Waals surface area contributed by atoms with Crippen LogP contribution in [0.15, 0.2) is 29.3 Å². The van der Waals surface area contributed by atoms with Gasteiger partial charge in [0.25, 0.3) is 0 Å². The van der Waals surface area contributed by atoms with E-state index >= 15 is 0 Å². The van der Waals surface area contributed by atoms with Crippen molar-refractivity contribution in [3.63, 3.8) is 0 Å². The lowest BCUT2D eigenvalue weighted by molar-refractivity contribution is 0.0697. The van der Waals surface area contributed by atoms with Gasteiger partial charge in [0, 0.05) is 11.7 Å². The van der Waals surface area contributed by atoms with Gasteiger partial charge in [-0.2, -0.15) is 4.99 Å². The maximum atomic E-state index is 10.6. The zero-order valence-corrected chi connectivity index (χ0v) is 7.77. The molecular formula is C10H9N3O2. The van der Waals surface area contributed by atoms with Gasteiger partial charge in [-0.3, -0.25) is 0 Å². The van der Waals surface area contributed by atoms with Gasteiger partial charge >= 0.3 is 5.97 Å². The normalized spacial score (nSPS) is 10.5. The Balaban J connectivity index is 2.88. The molecule has 0 aliphatic carbocycles. The molecule has 15 heavy (non-hydrogen) atoms. The molecule has 0 spiro atoms. The van der Waals surface area contributed by atoms with Gasteiger partial charge in [0.05, 0.1) is 5.56 Å². The second kappa shape index (κ2) is 4.67. The standard InChI is InChI=1S/C10H9N3O2/c1-2-12-10(11)13-8-5-3-4-7(6-8)9(14)15/h1,3-6H,(H,14,15)(H3,11,12,13). The number of hydrogen-bond donors (Lipinski definition) is 3. The third-order valence-corrected chi connectivity index (χ3v) is 1.57. The number of carboxylic acid groups (broad SMARTS) is 1. The van der Waals surface area contributed by atoms with Crippen LogP contribution in [0.25, 0.3) is 0 Å². The molecule has 0 saturated carbocycles. The predicted molar refractivity (Wildman–Crippen MR) is 57.5 cm³/mol. The van der Waals surface area contributed by atoms with E-state index in [2.05, 4.69) is 10.3 Å². The first-order chi connectivity index (χ1) is 7.13. The Kier molecular flexibility index (Phi) is 3.30. The van der Waals surface area contributed by atoms with Crippen molar-refractivity contribution in [2.45, 2.75) is 0 Å². The van der Waals surface area contributed by atoms with Gasteiger partial charge in [0.2, 0.25) is 5.96 Å². The number of carboxylic acids is 1. The van der Waals surface area contributed by atoms with E-state index in [1.54, 1.807) is 12.1 Å². The molecule has 0 aromatic heterocycles. The maximum Gasteiger partial charge on any atom is 0.335 e. The summed E-state index contributed by atoms with van der Waals surface area (Å²) in [5.74, 6) is -0.967. The van der Waals surface area contributed by atoms with Crippen molar-refractivity contribution in [3.8, 4) is 12.5 Å². The summed E-state index contributed by atoms with van der Waals surface area (Å²) in [4.78, 5) is 14.1. The maximum absolute atomic E-state index is 10.6. The van der Waals surface area contributed by atoms with E-state index in [1.807, 2.05) is 6.04 Å². The second-order valence-corrected chi connectivity index (χ2v) is 2.64. The summed E-state index contributed by atoms with van der Waals surface area (Å²) in [6.45, 7) is 0. The SMILES string of the molecule is C#CN=C(N)Nc1cccc(C(=O)O)c1. The Morgan fingerprint density at radius 3 is 2.93 bits per heavy atom. The summed E-state index contributed by atoms with van der Waals surface area (Å²) in [7, 11) is 0. The zero-order chi connectivity index (χ0) is 11.3. The molecular weight excluding hydrogens is 194 g/mol. The molecule has 0 heterocycles. The molecule has 1 rings (SSSR count). The van der Waals surface area contributed by atoms with Crippen molar-refractivity contribution in [1.82, 2.24) is 0 Å². The lowest BCUT2D eigenvalue weighted by Gasteiger charge is -2.04. The van der Waals surface area contributed by atoms with Gasteiger partial charge in [-0.15, -0.1) is 0 Å². The van der Waals surface area contributed by atoms with Crippen molar-refractivity contribution in [2.75, 3.05) is 5.32 Å². The van der Waals surface area contributed by atoms with Crippen molar-refractivity contribution in [2.24, 2.45) is 10.7 Å². The van der Waals surface area contributed by atoms with Gasteiger partial charge < -0.3 is 16.2 Å². The molecule has 4 N–H and O–H groups in total. The van der Waals surface area contributed by atoms with Crippen molar-refractivity contribution in [1.29, 1.82) is 0 Å². The van der Waals surface area contributed by atoms with Crippen LogP contribution in [0.4, 0.5) is 5.69 Å². The molecule has 0 amide bonds. The molecule has 0 bridgehead atoms. The Bertz CT molecular complexity index is 446. The minimum absolute atomic E-state index is 0.0417.